The van der Waals surface area contributed by atoms with Gasteiger partial charge in [0.05, 0.1) is 5.69 Å². The number of likely N-dealkylation sites (N-methyl/N-ethyl adjacent to an activating group) is 2. The van der Waals surface area contributed by atoms with Crippen LogP contribution in [0.2, 0.25) is 0 Å². The number of benzene rings is 1. The van der Waals surface area contributed by atoms with Crippen LogP contribution in [0.5, 0.6) is 0 Å². The summed E-state index contributed by atoms with van der Waals surface area (Å²) in [4.78, 5) is 4.85. The van der Waals surface area contributed by atoms with E-state index < -0.39 is 0 Å². The van der Waals surface area contributed by atoms with Gasteiger partial charge in [0, 0.05) is 30.1 Å². The van der Waals surface area contributed by atoms with E-state index in [0.29, 0.717) is 12.1 Å². The van der Waals surface area contributed by atoms with E-state index in [1.54, 1.807) is 0 Å². The number of halogens is 1. The minimum absolute atomic E-state index is 0.395. The van der Waals surface area contributed by atoms with Gasteiger partial charge in [0.2, 0.25) is 0 Å². The molecule has 4 heteroatoms. The molecule has 3 nitrogen and oxygen atoms in total. The molecule has 1 fully saturated rings. The van der Waals surface area contributed by atoms with Gasteiger partial charge in [-0.15, -0.1) is 0 Å². The lowest BCUT2D eigenvalue weighted by atomic mass is 10.1. The summed E-state index contributed by atoms with van der Waals surface area (Å²) in [7, 11) is 4.43. The molecule has 0 radical (unpaired) electrons. The number of hydrogen-bond acceptors (Lipinski definition) is 3. The Hall–Kier alpha value is -0.580. The molecule has 1 aliphatic rings. The summed E-state index contributed by atoms with van der Waals surface area (Å²) < 4.78 is 1.19. The largest absolute Gasteiger partial charge is 0.372 e. The van der Waals surface area contributed by atoms with Gasteiger partial charge in [-0.3, -0.25) is 0 Å². The van der Waals surface area contributed by atoms with E-state index in [-0.39, 0.29) is 0 Å². The summed E-state index contributed by atoms with van der Waals surface area (Å²) >= 11 is 3.75. The smallest absolute Gasteiger partial charge is 0.0508 e. The van der Waals surface area contributed by atoms with Gasteiger partial charge < -0.3 is 15.1 Å². The number of hydrogen-bond donors (Lipinski definition) is 1. The quantitative estimate of drug-likeness (QED) is 0.841. The first-order valence-corrected chi connectivity index (χ1v) is 8.76. The Balaban J connectivity index is 2.05. The van der Waals surface area contributed by atoms with E-state index in [1.807, 2.05) is 0 Å². The van der Waals surface area contributed by atoms with E-state index in [0.717, 1.165) is 13.1 Å². The number of likely N-dealkylation sites (tertiary alicyclic amines) is 1. The summed E-state index contributed by atoms with van der Waals surface area (Å²) in [5.41, 5.74) is 2.61. The van der Waals surface area contributed by atoms with Crippen LogP contribution in [0.25, 0.3) is 0 Å². The molecule has 0 bridgehead atoms. The fourth-order valence-electron chi connectivity index (χ4n) is 3.15. The van der Waals surface area contributed by atoms with Crippen molar-refractivity contribution in [2.24, 2.45) is 0 Å². The van der Waals surface area contributed by atoms with Crippen molar-refractivity contribution in [3.8, 4) is 0 Å². The van der Waals surface area contributed by atoms with Crippen LogP contribution in [0.15, 0.2) is 22.7 Å². The molecule has 0 aliphatic carbocycles. The maximum atomic E-state index is 3.75. The SMILES string of the molecule is CCNC(C)c1ccc(N(C)CC2CCCN2C)c(Br)c1. The van der Waals surface area contributed by atoms with Gasteiger partial charge in [0.25, 0.3) is 0 Å². The highest BCUT2D eigenvalue weighted by Gasteiger charge is 2.22. The lowest BCUT2D eigenvalue weighted by Gasteiger charge is -2.28. The third-order valence-corrected chi connectivity index (χ3v) is 5.18. The van der Waals surface area contributed by atoms with Crippen molar-refractivity contribution in [1.82, 2.24) is 10.2 Å². The highest BCUT2D eigenvalue weighted by molar-refractivity contribution is 9.10. The Bertz CT molecular complexity index is 463. The molecule has 1 saturated heterocycles. The molecule has 0 spiro atoms. The molecular weight excluding hydrogens is 326 g/mol. The summed E-state index contributed by atoms with van der Waals surface area (Å²) in [6, 6.07) is 7.80. The van der Waals surface area contributed by atoms with Crippen LogP contribution in [0.3, 0.4) is 0 Å². The first-order valence-electron chi connectivity index (χ1n) is 7.97. The highest BCUT2D eigenvalue weighted by atomic mass is 79.9. The maximum Gasteiger partial charge on any atom is 0.0508 e. The number of rotatable bonds is 6. The third-order valence-electron chi connectivity index (χ3n) is 4.55. The van der Waals surface area contributed by atoms with Gasteiger partial charge in [-0.25, -0.2) is 0 Å². The number of nitrogens with zero attached hydrogens (tertiary/aromatic N) is 2. The minimum Gasteiger partial charge on any atom is -0.372 e. The maximum absolute atomic E-state index is 3.75. The van der Waals surface area contributed by atoms with E-state index in [2.05, 4.69) is 77.2 Å². The molecule has 118 valence electrons. The summed E-state index contributed by atoms with van der Waals surface area (Å²) in [5.74, 6) is 0. The van der Waals surface area contributed by atoms with Gasteiger partial charge in [0.15, 0.2) is 0 Å². The molecule has 2 unspecified atom stereocenters. The fourth-order valence-corrected chi connectivity index (χ4v) is 3.85. The summed E-state index contributed by atoms with van der Waals surface area (Å²) in [6.45, 7) is 7.68. The van der Waals surface area contributed by atoms with Crippen molar-refractivity contribution in [1.29, 1.82) is 0 Å². The van der Waals surface area contributed by atoms with Crippen LogP contribution >= 0.6 is 15.9 Å². The predicted molar refractivity (Wildman–Crippen MR) is 95.2 cm³/mol. The predicted octanol–water partition coefficient (Wildman–Crippen LogP) is 3.65. The molecule has 1 aromatic rings. The van der Waals surface area contributed by atoms with Gasteiger partial charge >= 0.3 is 0 Å². The van der Waals surface area contributed by atoms with E-state index in [4.69, 9.17) is 0 Å². The van der Waals surface area contributed by atoms with Crippen LogP contribution < -0.4 is 10.2 Å². The summed E-state index contributed by atoms with van der Waals surface area (Å²) in [5, 5.41) is 3.46. The molecule has 1 aromatic carbocycles. The zero-order valence-corrected chi connectivity index (χ0v) is 15.3. The molecule has 1 heterocycles. The van der Waals surface area contributed by atoms with Crippen LogP contribution in [-0.4, -0.2) is 44.7 Å². The van der Waals surface area contributed by atoms with Gasteiger partial charge in [-0.05, 0) is 73.5 Å². The summed E-state index contributed by atoms with van der Waals surface area (Å²) in [6.07, 6.45) is 2.64. The van der Waals surface area contributed by atoms with Crippen molar-refractivity contribution in [3.63, 3.8) is 0 Å². The standard InChI is InChI=1S/C17H28BrN3/c1-5-19-13(2)14-8-9-17(16(18)11-14)21(4)12-15-7-6-10-20(15)3/h8-9,11,13,15,19H,5-7,10,12H2,1-4H3. The molecule has 1 N–H and O–H groups in total. The first-order chi connectivity index (χ1) is 10.0. The topological polar surface area (TPSA) is 18.5 Å². The molecule has 0 amide bonds. The Labute approximate surface area is 137 Å². The Morgan fingerprint density at radius 2 is 2.24 bits per heavy atom. The number of nitrogens with one attached hydrogen (secondary N) is 1. The number of anilines is 1. The van der Waals surface area contributed by atoms with E-state index in [1.165, 1.54) is 35.1 Å². The molecule has 1 aliphatic heterocycles. The Morgan fingerprint density at radius 3 is 2.81 bits per heavy atom. The van der Waals surface area contributed by atoms with Crippen molar-refractivity contribution >= 4 is 21.6 Å². The third kappa shape index (κ3) is 4.21. The van der Waals surface area contributed by atoms with Crippen LogP contribution in [0.4, 0.5) is 5.69 Å². The molecule has 21 heavy (non-hydrogen) atoms. The zero-order chi connectivity index (χ0) is 15.4. The van der Waals surface area contributed by atoms with Crippen LogP contribution in [-0.2, 0) is 0 Å². The van der Waals surface area contributed by atoms with Gasteiger partial charge in [-0.2, -0.15) is 0 Å². The second-order valence-electron chi connectivity index (χ2n) is 6.15. The average molecular weight is 354 g/mol. The van der Waals surface area contributed by atoms with Gasteiger partial charge in [-0.1, -0.05) is 13.0 Å². The van der Waals surface area contributed by atoms with Crippen molar-refractivity contribution < 1.29 is 0 Å². The first kappa shape index (κ1) is 16.8. The average Bonchev–Trinajstić information content (AvgIpc) is 2.84. The van der Waals surface area contributed by atoms with Crippen LogP contribution in [0.1, 0.15) is 38.3 Å². The van der Waals surface area contributed by atoms with Crippen molar-refractivity contribution in [2.75, 3.05) is 38.6 Å². The van der Waals surface area contributed by atoms with Gasteiger partial charge in [0.1, 0.15) is 0 Å². The molecule has 2 rings (SSSR count). The molecule has 0 aromatic heterocycles. The Kier molecular flexibility index (Phi) is 6.08. The molecule has 2 atom stereocenters. The zero-order valence-electron chi connectivity index (χ0n) is 13.7. The highest BCUT2D eigenvalue weighted by Crippen LogP contribution is 2.30. The molecule has 0 saturated carbocycles. The van der Waals surface area contributed by atoms with Crippen molar-refractivity contribution in [2.45, 2.75) is 38.8 Å². The van der Waals surface area contributed by atoms with E-state index >= 15 is 0 Å². The minimum atomic E-state index is 0.395. The normalized spacial score (nSPS) is 20.7. The lowest BCUT2D eigenvalue weighted by molar-refractivity contribution is 0.314. The monoisotopic (exact) mass is 353 g/mol. The lowest BCUT2D eigenvalue weighted by Crippen LogP contribution is -2.36. The van der Waals surface area contributed by atoms with Crippen LogP contribution in [0, 0.1) is 0 Å². The second-order valence-corrected chi connectivity index (χ2v) is 7.00. The van der Waals surface area contributed by atoms with Crippen molar-refractivity contribution in [3.05, 3.63) is 28.2 Å². The molecular formula is C17H28BrN3. The Morgan fingerprint density at radius 1 is 1.48 bits per heavy atom. The fraction of sp³-hybridized carbons (Fsp3) is 0.647. The van der Waals surface area contributed by atoms with E-state index in [9.17, 15) is 0 Å². The second kappa shape index (κ2) is 7.61.